The monoisotopic (exact) mass is 332 g/mol. The largest absolute Gasteiger partial charge is 0.299 e. The Bertz CT molecular complexity index is 481. The summed E-state index contributed by atoms with van der Waals surface area (Å²) in [5.74, 6) is 1.56. The smallest absolute Gasteiger partial charge is 0.139 e. The normalized spacial score (nSPS) is 35.8. The van der Waals surface area contributed by atoms with Gasteiger partial charge in [0.25, 0.3) is 0 Å². The van der Waals surface area contributed by atoms with Crippen LogP contribution in [0.4, 0.5) is 0 Å². The van der Waals surface area contributed by atoms with Crippen LogP contribution in [-0.4, -0.2) is 17.3 Å². The molecular formula is C21H32O3. The van der Waals surface area contributed by atoms with Crippen LogP contribution in [0.5, 0.6) is 0 Å². The Balaban J connectivity index is 1.57. The van der Waals surface area contributed by atoms with Gasteiger partial charge in [-0.15, -0.1) is 0 Å². The lowest BCUT2D eigenvalue weighted by Gasteiger charge is -2.32. The van der Waals surface area contributed by atoms with E-state index in [2.05, 4.69) is 0 Å². The summed E-state index contributed by atoms with van der Waals surface area (Å²) < 4.78 is 0. The fourth-order valence-electron chi connectivity index (χ4n) is 5.17. The van der Waals surface area contributed by atoms with Crippen molar-refractivity contribution >= 4 is 17.3 Å². The molecule has 0 saturated heterocycles. The average molecular weight is 332 g/mol. The first kappa shape index (κ1) is 17.8. The molecule has 0 aliphatic heterocycles. The van der Waals surface area contributed by atoms with Gasteiger partial charge in [0.05, 0.1) is 0 Å². The van der Waals surface area contributed by atoms with E-state index < -0.39 is 0 Å². The molecule has 0 aromatic heterocycles. The van der Waals surface area contributed by atoms with E-state index >= 15 is 0 Å². The lowest BCUT2D eigenvalue weighted by atomic mass is 9.70. The van der Waals surface area contributed by atoms with Crippen molar-refractivity contribution in [3.8, 4) is 0 Å². The van der Waals surface area contributed by atoms with Crippen LogP contribution in [0.2, 0.25) is 0 Å². The Labute approximate surface area is 146 Å². The van der Waals surface area contributed by atoms with Crippen molar-refractivity contribution in [3.05, 3.63) is 0 Å². The van der Waals surface area contributed by atoms with Crippen LogP contribution in [0.1, 0.15) is 89.9 Å². The lowest BCUT2D eigenvalue weighted by molar-refractivity contribution is -0.132. The van der Waals surface area contributed by atoms with Gasteiger partial charge in [0, 0.05) is 36.5 Å². The van der Waals surface area contributed by atoms with E-state index in [1.165, 1.54) is 0 Å². The molecule has 0 amide bonds. The third kappa shape index (κ3) is 4.34. The van der Waals surface area contributed by atoms with Crippen molar-refractivity contribution in [1.82, 2.24) is 0 Å². The van der Waals surface area contributed by atoms with E-state index in [9.17, 15) is 14.4 Å². The van der Waals surface area contributed by atoms with Crippen molar-refractivity contribution in [2.24, 2.45) is 23.7 Å². The maximum atomic E-state index is 12.9. The summed E-state index contributed by atoms with van der Waals surface area (Å²) in [7, 11) is 0. The molecule has 0 N–H and O–H groups in total. The molecule has 3 aliphatic carbocycles. The van der Waals surface area contributed by atoms with Gasteiger partial charge in [0.1, 0.15) is 17.3 Å². The third-order valence-electron chi connectivity index (χ3n) is 6.66. The highest BCUT2D eigenvalue weighted by Gasteiger charge is 2.36. The van der Waals surface area contributed by atoms with Crippen molar-refractivity contribution in [2.45, 2.75) is 89.9 Å². The average Bonchev–Trinajstić information content (AvgIpc) is 2.78. The van der Waals surface area contributed by atoms with Gasteiger partial charge in [-0.1, -0.05) is 25.7 Å². The van der Waals surface area contributed by atoms with Crippen molar-refractivity contribution in [3.63, 3.8) is 0 Å². The summed E-state index contributed by atoms with van der Waals surface area (Å²) in [6, 6.07) is 0. The predicted octanol–water partition coefficient (Wildman–Crippen LogP) is 4.66. The molecule has 3 nitrogen and oxygen atoms in total. The molecule has 0 aromatic rings. The number of carbonyl (C=O) groups excluding carboxylic acids is 3. The van der Waals surface area contributed by atoms with Crippen LogP contribution in [0.3, 0.4) is 0 Å². The minimum atomic E-state index is 0.0782. The van der Waals surface area contributed by atoms with E-state index in [-0.39, 0.29) is 23.7 Å². The van der Waals surface area contributed by atoms with E-state index in [0.29, 0.717) is 30.2 Å². The first-order valence-corrected chi connectivity index (χ1v) is 10.2. The number of hydrogen-bond donors (Lipinski definition) is 0. The molecule has 4 atom stereocenters. The molecule has 0 aromatic carbocycles. The molecule has 24 heavy (non-hydrogen) atoms. The van der Waals surface area contributed by atoms with Crippen LogP contribution in [-0.2, 0) is 14.4 Å². The molecule has 0 bridgehead atoms. The van der Waals surface area contributed by atoms with Crippen LogP contribution >= 0.6 is 0 Å². The van der Waals surface area contributed by atoms with Gasteiger partial charge in [0.2, 0.25) is 0 Å². The van der Waals surface area contributed by atoms with Crippen LogP contribution < -0.4 is 0 Å². The van der Waals surface area contributed by atoms with Gasteiger partial charge in [-0.05, 0) is 51.4 Å². The molecular weight excluding hydrogens is 300 g/mol. The Morgan fingerprint density at radius 2 is 1.00 bits per heavy atom. The SMILES string of the molecule is O=C1CCCCCC1CC1CCCC(CC2CCCCC2=O)C1=O. The first-order chi connectivity index (χ1) is 11.6. The highest BCUT2D eigenvalue weighted by Crippen LogP contribution is 2.37. The Hall–Kier alpha value is -0.990. The molecule has 3 rings (SSSR count). The molecule has 4 unspecified atom stereocenters. The van der Waals surface area contributed by atoms with E-state index in [1.54, 1.807) is 0 Å². The fourth-order valence-corrected chi connectivity index (χ4v) is 5.17. The molecule has 0 heterocycles. The Morgan fingerprint density at radius 3 is 1.58 bits per heavy atom. The lowest BCUT2D eigenvalue weighted by Crippen LogP contribution is -2.34. The van der Waals surface area contributed by atoms with Crippen LogP contribution in [0.25, 0.3) is 0 Å². The summed E-state index contributed by atoms with van der Waals surface area (Å²) in [5, 5.41) is 0. The van der Waals surface area contributed by atoms with Crippen molar-refractivity contribution in [2.75, 3.05) is 0 Å². The van der Waals surface area contributed by atoms with Crippen molar-refractivity contribution in [1.29, 1.82) is 0 Å². The zero-order valence-electron chi connectivity index (χ0n) is 14.9. The van der Waals surface area contributed by atoms with Gasteiger partial charge >= 0.3 is 0 Å². The standard InChI is InChI=1S/C21H32O3/c22-19-11-3-1-2-7-15(19)13-17-9-6-10-18(21(17)24)14-16-8-4-5-12-20(16)23/h15-18H,1-14H2. The zero-order valence-corrected chi connectivity index (χ0v) is 14.9. The van der Waals surface area contributed by atoms with E-state index in [4.69, 9.17) is 0 Å². The van der Waals surface area contributed by atoms with Crippen LogP contribution in [0.15, 0.2) is 0 Å². The fraction of sp³-hybridized carbons (Fsp3) is 0.857. The van der Waals surface area contributed by atoms with Gasteiger partial charge in [-0.3, -0.25) is 14.4 Å². The van der Waals surface area contributed by atoms with E-state index in [1.807, 2.05) is 0 Å². The molecule has 3 fully saturated rings. The van der Waals surface area contributed by atoms with Gasteiger partial charge in [0.15, 0.2) is 0 Å². The minimum absolute atomic E-state index is 0.0782. The van der Waals surface area contributed by atoms with Gasteiger partial charge < -0.3 is 0 Å². The third-order valence-corrected chi connectivity index (χ3v) is 6.66. The zero-order chi connectivity index (χ0) is 16.9. The van der Waals surface area contributed by atoms with Gasteiger partial charge in [-0.2, -0.15) is 0 Å². The molecule has 3 heteroatoms. The maximum absolute atomic E-state index is 12.9. The molecule has 3 saturated carbocycles. The summed E-state index contributed by atoms with van der Waals surface area (Å²) >= 11 is 0. The molecule has 3 aliphatic rings. The molecule has 134 valence electrons. The van der Waals surface area contributed by atoms with Gasteiger partial charge in [-0.25, -0.2) is 0 Å². The van der Waals surface area contributed by atoms with E-state index in [0.717, 1.165) is 77.0 Å². The second-order valence-electron chi connectivity index (χ2n) is 8.37. The number of ketones is 3. The molecule has 0 radical (unpaired) electrons. The van der Waals surface area contributed by atoms with Crippen molar-refractivity contribution < 1.29 is 14.4 Å². The second kappa shape index (κ2) is 8.40. The maximum Gasteiger partial charge on any atom is 0.139 e. The highest BCUT2D eigenvalue weighted by atomic mass is 16.1. The summed E-state index contributed by atoms with van der Waals surface area (Å²) in [4.78, 5) is 37.3. The second-order valence-corrected chi connectivity index (χ2v) is 8.37. The summed E-state index contributed by atoms with van der Waals surface area (Å²) in [5.41, 5.74) is 0. The summed E-state index contributed by atoms with van der Waals surface area (Å²) in [6.45, 7) is 0. The van der Waals surface area contributed by atoms with Crippen LogP contribution in [0, 0.1) is 23.7 Å². The quantitative estimate of drug-likeness (QED) is 0.703. The predicted molar refractivity (Wildman–Crippen MR) is 93.6 cm³/mol. The summed E-state index contributed by atoms with van der Waals surface area (Å²) in [6.07, 6.45) is 13.4. The highest BCUT2D eigenvalue weighted by molar-refractivity contribution is 5.87. The number of carbonyl (C=O) groups is 3. The first-order valence-electron chi connectivity index (χ1n) is 10.2. The molecule has 0 spiro atoms. The Morgan fingerprint density at radius 1 is 0.542 bits per heavy atom. The number of Topliss-reactive ketones (excluding diaryl/α,β-unsaturated/α-hetero) is 3. The topological polar surface area (TPSA) is 51.2 Å². The number of rotatable bonds is 4. The minimum Gasteiger partial charge on any atom is -0.299 e. The number of hydrogen-bond acceptors (Lipinski definition) is 3. The Kier molecular flexibility index (Phi) is 6.24.